The number of hydrogen-bond acceptors (Lipinski definition) is 6. The van der Waals surface area contributed by atoms with Gasteiger partial charge in [-0.05, 0) is 43.3 Å². The van der Waals surface area contributed by atoms with E-state index in [0.29, 0.717) is 28.3 Å². The third kappa shape index (κ3) is 5.83. The van der Waals surface area contributed by atoms with Gasteiger partial charge in [-0.25, -0.2) is 4.79 Å². The van der Waals surface area contributed by atoms with Crippen molar-refractivity contribution in [2.45, 2.75) is 13.0 Å². The lowest BCUT2D eigenvalue weighted by Gasteiger charge is -2.13. The lowest BCUT2D eigenvalue weighted by molar-refractivity contribution is -0.148. The van der Waals surface area contributed by atoms with Crippen LogP contribution in [0.15, 0.2) is 48.5 Å². The molecule has 8 nitrogen and oxygen atoms in total. The maximum absolute atomic E-state index is 12.2. The van der Waals surface area contributed by atoms with Crippen molar-refractivity contribution < 1.29 is 28.6 Å². The Kier molecular flexibility index (Phi) is 7.36. The average molecular weight is 398 g/mol. The average Bonchev–Trinajstić information content (AvgIpc) is 2.72. The van der Waals surface area contributed by atoms with Crippen molar-refractivity contribution in [2.24, 2.45) is 5.73 Å². The van der Waals surface area contributed by atoms with Crippen molar-refractivity contribution in [1.82, 2.24) is 0 Å². The normalized spacial score (nSPS) is 11.6. The number of primary amides is 1. The van der Waals surface area contributed by atoms with Gasteiger partial charge in [0.1, 0.15) is 0 Å². The number of carbonyl (C=O) groups is 3. The van der Waals surface area contributed by atoms with Crippen molar-refractivity contribution in [2.75, 3.05) is 19.5 Å². The van der Waals surface area contributed by atoms with Crippen LogP contribution in [-0.2, 0) is 14.3 Å². The standard InChI is InChI=1S/C21H22N2O6/c1-13(21(26)23-16-10-7-15(8-11-16)20(22)25)29-18(24)12-9-14-5-4-6-17(27-2)19(14)28-3/h4-13H,1-3H3,(H2,22,25)(H,23,26)/b12-9+/t13-/m0/s1. The van der Waals surface area contributed by atoms with Crippen molar-refractivity contribution in [3.8, 4) is 11.5 Å². The Morgan fingerprint density at radius 3 is 2.31 bits per heavy atom. The molecule has 2 aromatic carbocycles. The lowest BCUT2D eigenvalue weighted by Crippen LogP contribution is -2.29. The molecule has 2 aromatic rings. The van der Waals surface area contributed by atoms with Crippen LogP contribution in [0.25, 0.3) is 6.08 Å². The third-order valence-corrected chi connectivity index (χ3v) is 3.93. The number of esters is 1. The number of carbonyl (C=O) groups excluding carboxylic acids is 3. The maximum atomic E-state index is 12.2. The molecule has 2 amide bonds. The predicted octanol–water partition coefficient (Wildman–Crippen LogP) is 2.39. The number of nitrogens with one attached hydrogen (secondary N) is 1. The van der Waals surface area contributed by atoms with Crippen molar-refractivity contribution in [3.05, 3.63) is 59.7 Å². The van der Waals surface area contributed by atoms with Gasteiger partial charge in [0.05, 0.1) is 14.2 Å². The second-order valence-corrected chi connectivity index (χ2v) is 5.93. The van der Waals surface area contributed by atoms with Gasteiger partial charge in [-0.15, -0.1) is 0 Å². The molecule has 8 heteroatoms. The Balaban J connectivity index is 1.97. The number of anilines is 1. The first-order valence-corrected chi connectivity index (χ1v) is 8.66. The van der Waals surface area contributed by atoms with Gasteiger partial charge < -0.3 is 25.3 Å². The van der Waals surface area contributed by atoms with Gasteiger partial charge in [0.2, 0.25) is 5.91 Å². The van der Waals surface area contributed by atoms with Crippen molar-refractivity contribution in [3.63, 3.8) is 0 Å². The SMILES string of the molecule is COc1cccc(/C=C/C(=O)O[C@@H](C)C(=O)Nc2ccc(C(N)=O)cc2)c1OC. The van der Waals surface area contributed by atoms with Crippen LogP contribution >= 0.6 is 0 Å². The number of benzene rings is 2. The minimum Gasteiger partial charge on any atom is -0.493 e. The van der Waals surface area contributed by atoms with Gasteiger partial charge >= 0.3 is 5.97 Å². The summed E-state index contributed by atoms with van der Waals surface area (Å²) >= 11 is 0. The molecule has 0 saturated heterocycles. The summed E-state index contributed by atoms with van der Waals surface area (Å²) in [6, 6.07) is 11.3. The molecule has 3 N–H and O–H groups in total. The van der Waals surface area contributed by atoms with Gasteiger partial charge in [0, 0.05) is 22.9 Å². The summed E-state index contributed by atoms with van der Waals surface area (Å²) in [7, 11) is 3.01. The molecule has 0 heterocycles. The molecule has 2 rings (SSSR count). The van der Waals surface area contributed by atoms with E-state index in [1.807, 2.05) is 0 Å². The summed E-state index contributed by atoms with van der Waals surface area (Å²) in [5.74, 6) is -0.772. The summed E-state index contributed by atoms with van der Waals surface area (Å²) < 4.78 is 15.6. The second kappa shape index (κ2) is 9.93. The molecule has 0 fully saturated rings. The molecule has 0 spiro atoms. The highest BCUT2D eigenvalue weighted by Crippen LogP contribution is 2.31. The zero-order valence-electron chi connectivity index (χ0n) is 16.3. The van der Waals surface area contributed by atoms with E-state index < -0.39 is 23.9 Å². The highest BCUT2D eigenvalue weighted by molar-refractivity contribution is 5.97. The van der Waals surface area contributed by atoms with Crippen molar-refractivity contribution in [1.29, 1.82) is 0 Å². The summed E-state index contributed by atoms with van der Waals surface area (Å²) in [5.41, 5.74) is 6.55. The van der Waals surface area contributed by atoms with Crippen LogP contribution in [0.4, 0.5) is 5.69 Å². The molecule has 0 saturated carbocycles. The molecule has 0 aromatic heterocycles. The fraction of sp³-hybridized carbons (Fsp3) is 0.190. The first-order valence-electron chi connectivity index (χ1n) is 8.66. The molecule has 0 aliphatic carbocycles. The topological polar surface area (TPSA) is 117 Å². The Morgan fingerprint density at radius 2 is 1.72 bits per heavy atom. The summed E-state index contributed by atoms with van der Waals surface area (Å²) in [6.45, 7) is 1.45. The highest BCUT2D eigenvalue weighted by Gasteiger charge is 2.17. The van der Waals surface area contributed by atoms with Crippen LogP contribution in [0.2, 0.25) is 0 Å². The van der Waals surface area contributed by atoms with E-state index in [9.17, 15) is 14.4 Å². The van der Waals surface area contributed by atoms with Crippen LogP contribution in [0.1, 0.15) is 22.8 Å². The largest absolute Gasteiger partial charge is 0.493 e. The molecule has 1 atom stereocenters. The van der Waals surface area contributed by atoms with E-state index in [0.717, 1.165) is 0 Å². The summed E-state index contributed by atoms with van der Waals surface area (Å²) in [5, 5.41) is 2.59. The molecule has 0 radical (unpaired) electrons. The molecule has 0 unspecified atom stereocenters. The van der Waals surface area contributed by atoms with Crippen molar-refractivity contribution >= 4 is 29.5 Å². The number of nitrogens with two attached hydrogens (primary N) is 1. The molecule has 0 aliphatic heterocycles. The van der Waals surface area contributed by atoms with Gasteiger partial charge in [-0.3, -0.25) is 9.59 Å². The number of amides is 2. The second-order valence-electron chi connectivity index (χ2n) is 5.93. The van der Waals surface area contributed by atoms with Crippen LogP contribution in [-0.4, -0.2) is 38.1 Å². The number of hydrogen-bond donors (Lipinski definition) is 2. The zero-order valence-corrected chi connectivity index (χ0v) is 16.3. The number of para-hydroxylation sites is 1. The first kappa shape index (κ1) is 21.5. The molecule has 0 aliphatic rings. The van der Waals surface area contributed by atoms with Gasteiger partial charge in [-0.1, -0.05) is 12.1 Å². The zero-order chi connectivity index (χ0) is 21.4. The van der Waals surface area contributed by atoms with E-state index >= 15 is 0 Å². The van der Waals surface area contributed by atoms with E-state index in [4.69, 9.17) is 19.9 Å². The van der Waals surface area contributed by atoms with Crippen LogP contribution in [0.3, 0.4) is 0 Å². The summed E-state index contributed by atoms with van der Waals surface area (Å²) in [4.78, 5) is 35.3. The van der Waals surface area contributed by atoms with E-state index in [1.54, 1.807) is 18.2 Å². The number of ether oxygens (including phenoxy) is 3. The number of methoxy groups -OCH3 is 2. The molecule has 0 bridgehead atoms. The molecular weight excluding hydrogens is 376 g/mol. The molecule has 152 valence electrons. The Morgan fingerprint density at radius 1 is 1.03 bits per heavy atom. The van der Waals surface area contributed by atoms with Crippen LogP contribution < -0.4 is 20.5 Å². The van der Waals surface area contributed by atoms with Crippen LogP contribution in [0.5, 0.6) is 11.5 Å². The minimum absolute atomic E-state index is 0.320. The van der Waals surface area contributed by atoms with Gasteiger partial charge in [0.25, 0.3) is 5.91 Å². The van der Waals surface area contributed by atoms with Gasteiger partial charge in [0.15, 0.2) is 17.6 Å². The van der Waals surface area contributed by atoms with E-state index in [-0.39, 0.29) is 0 Å². The van der Waals surface area contributed by atoms with Gasteiger partial charge in [-0.2, -0.15) is 0 Å². The number of rotatable bonds is 8. The smallest absolute Gasteiger partial charge is 0.331 e. The highest BCUT2D eigenvalue weighted by atomic mass is 16.5. The van der Waals surface area contributed by atoms with E-state index in [2.05, 4.69) is 5.32 Å². The minimum atomic E-state index is -1.03. The molecular formula is C21H22N2O6. The Hall–Kier alpha value is -3.81. The third-order valence-electron chi connectivity index (χ3n) is 3.93. The lowest BCUT2D eigenvalue weighted by atomic mass is 10.1. The fourth-order valence-corrected chi connectivity index (χ4v) is 2.43. The Labute approximate surface area is 168 Å². The monoisotopic (exact) mass is 398 g/mol. The predicted molar refractivity (Wildman–Crippen MR) is 108 cm³/mol. The fourth-order valence-electron chi connectivity index (χ4n) is 2.43. The first-order chi connectivity index (χ1) is 13.8. The Bertz CT molecular complexity index is 921. The van der Waals surface area contributed by atoms with E-state index in [1.165, 1.54) is 57.6 Å². The quantitative estimate of drug-likeness (QED) is 0.521. The molecule has 29 heavy (non-hydrogen) atoms. The van der Waals surface area contributed by atoms with Crippen LogP contribution in [0, 0.1) is 0 Å². The maximum Gasteiger partial charge on any atom is 0.331 e. The summed E-state index contributed by atoms with van der Waals surface area (Å²) in [6.07, 6.45) is 1.68.